The minimum Gasteiger partial charge on any atom is -0.497 e. The summed E-state index contributed by atoms with van der Waals surface area (Å²) in [5, 5.41) is 16.9. The molecule has 1 aliphatic rings. The second-order valence-electron chi connectivity index (χ2n) is 5.21. The summed E-state index contributed by atoms with van der Waals surface area (Å²) in [4.78, 5) is 1.24. The highest BCUT2D eigenvalue weighted by atomic mass is 32.2. The first-order chi connectivity index (χ1) is 9.72. The SMILES string of the molecule is COc1ccc(SCCNC[C@@]2(O)CCCNC2)cc1. The summed E-state index contributed by atoms with van der Waals surface area (Å²) in [5.74, 6) is 1.88. The molecule has 4 nitrogen and oxygen atoms in total. The molecule has 1 aromatic rings. The van der Waals surface area contributed by atoms with Crippen LogP contribution in [0.4, 0.5) is 0 Å². The molecule has 1 fully saturated rings. The van der Waals surface area contributed by atoms with Gasteiger partial charge in [-0.25, -0.2) is 0 Å². The summed E-state index contributed by atoms with van der Waals surface area (Å²) in [6, 6.07) is 8.10. The Morgan fingerprint density at radius 2 is 2.20 bits per heavy atom. The minimum absolute atomic E-state index is 0.566. The maximum absolute atomic E-state index is 10.3. The second kappa shape index (κ2) is 7.88. The Morgan fingerprint density at radius 3 is 2.85 bits per heavy atom. The molecule has 20 heavy (non-hydrogen) atoms. The molecule has 1 aromatic carbocycles. The van der Waals surface area contributed by atoms with E-state index >= 15 is 0 Å². The highest BCUT2D eigenvalue weighted by Gasteiger charge is 2.28. The number of rotatable bonds is 7. The van der Waals surface area contributed by atoms with Gasteiger partial charge in [-0.3, -0.25) is 0 Å². The lowest BCUT2D eigenvalue weighted by atomic mass is 9.94. The van der Waals surface area contributed by atoms with Crippen molar-refractivity contribution in [3.05, 3.63) is 24.3 Å². The van der Waals surface area contributed by atoms with Gasteiger partial charge in [0.25, 0.3) is 0 Å². The summed E-state index contributed by atoms with van der Waals surface area (Å²) in [5.41, 5.74) is -0.566. The van der Waals surface area contributed by atoms with Crippen LogP contribution in [-0.2, 0) is 0 Å². The molecule has 0 spiro atoms. The molecule has 1 atom stereocenters. The molecule has 1 heterocycles. The zero-order valence-corrected chi connectivity index (χ0v) is 12.8. The number of nitrogens with one attached hydrogen (secondary N) is 2. The van der Waals surface area contributed by atoms with E-state index in [4.69, 9.17) is 4.74 Å². The molecule has 0 bridgehead atoms. The highest BCUT2D eigenvalue weighted by Crippen LogP contribution is 2.20. The van der Waals surface area contributed by atoms with E-state index in [1.54, 1.807) is 7.11 Å². The van der Waals surface area contributed by atoms with Gasteiger partial charge in [-0.15, -0.1) is 11.8 Å². The van der Waals surface area contributed by atoms with Crippen LogP contribution in [0, 0.1) is 0 Å². The average molecular weight is 296 g/mol. The number of ether oxygens (including phenoxy) is 1. The number of hydrogen-bond donors (Lipinski definition) is 3. The second-order valence-corrected chi connectivity index (χ2v) is 6.37. The average Bonchev–Trinajstić information content (AvgIpc) is 2.48. The van der Waals surface area contributed by atoms with Crippen LogP contribution in [-0.4, -0.2) is 49.7 Å². The maximum Gasteiger partial charge on any atom is 0.118 e. The minimum atomic E-state index is -0.566. The van der Waals surface area contributed by atoms with Crippen LogP contribution >= 0.6 is 11.8 Å². The molecule has 3 N–H and O–H groups in total. The van der Waals surface area contributed by atoms with Gasteiger partial charge < -0.3 is 20.5 Å². The van der Waals surface area contributed by atoms with E-state index in [1.165, 1.54) is 4.90 Å². The van der Waals surface area contributed by atoms with Crippen molar-refractivity contribution in [3.8, 4) is 5.75 Å². The fraction of sp³-hybridized carbons (Fsp3) is 0.600. The Bertz CT molecular complexity index is 391. The molecule has 0 aromatic heterocycles. The summed E-state index contributed by atoms with van der Waals surface area (Å²) >= 11 is 1.81. The molecule has 5 heteroatoms. The summed E-state index contributed by atoms with van der Waals surface area (Å²) in [7, 11) is 1.68. The maximum atomic E-state index is 10.3. The van der Waals surface area contributed by atoms with Gasteiger partial charge in [0.2, 0.25) is 0 Å². The molecule has 0 amide bonds. The van der Waals surface area contributed by atoms with Gasteiger partial charge in [-0.2, -0.15) is 0 Å². The van der Waals surface area contributed by atoms with E-state index < -0.39 is 5.60 Å². The van der Waals surface area contributed by atoms with E-state index in [0.29, 0.717) is 13.1 Å². The van der Waals surface area contributed by atoms with Crippen LogP contribution < -0.4 is 15.4 Å². The number of thioether (sulfide) groups is 1. The smallest absolute Gasteiger partial charge is 0.118 e. The van der Waals surface area contributed by atoms with Crippen molar-refractivity contribution in [2.24, 2.45) is 0 Å². The summed E-state index contributed by atoms with van der Waals surface area (Å²) in [6.07, 6.45) is 1.94. The molecule has 112 valence electrons. The Balaban J connectivity index is 1.61. The van der Waals surface area contributed by atoms with Crippen molar-refractivity contribution in [1.29, 1.82) is 0 Å². The summed E-state index contributed by atoms with van der Waals surface area (Å²) < 4.78 is 5.14. The predicted octanol–water partition coefficient (Wildman–Crippen LogP) is 1.49. The molecular formula is C15H24N2O2S. The van der Waals surface area contributed by atoms with Crippen molar-refractivity contribution >= 4 is 11.8 Å². The van der Waals surface area contributed by atoms with Crippen molar-refractivity contribution in [2.45, 2.75) is 23.3 Å². The van der Waals surface area contributed by atoms with Crippen molar-refractivity contribution in [3.63, 3.8) is 0 Å². The van der Waals surface area contributed by atoms with Gasteiger partial charge in [0.1, 0.15) is 5.75 Å². The van der Waals surface area contributed by atoms with Crippen LogP contribution in [0.1, 0.15) is 12.8 Å². The number of piperidine rings is 1. The van der Waals surface area contributed by atoms with Gasteiger partial charge >= 0.3 is 0 Å². The number of β-amino-alcohol motifs (C(OH)–C–C–N with tert-alkyl or cyclic N) is 1. The first-order valence-corrected chi connectivity index (χ1v) is 8.11. The van der Waals surface area contributed by atoms with Crippen LogP contribution in [0.25, 0.3) is 0 Å². The third-order valence-corrected chi connectivity index (χ3v) is 4.52. The molecule has 1 aliphatic heterocycles. The standard InChI is InChI=1S/C15H24N2O2S/c1-19-13-3-5-14(6-4-13)20-10-9-17-12-15(18)7-2-8-16-11-15/h3-6,16-18H,2,7-12H2,1H3/t15-/m1/s1. The zero-order chi connectivity index (χ0) is 14.3. The van der Waals surface area contributed by atoms with Crippen LogP contribution in [0.3, 0.4) is 0 Å². The highest BCUT2D eigenvalue weighted by molar-refractivity contribution is 7.99. The fourth-order valence-corrected chi connectivity index (χ4v) is 3.15. The molecular weight excluding hydrogens is 272 g/mol. The molecule has 0 unspecified atom stereocenters. The van der Waals surface area contributed by atoms with Gasteiger partial charge in [0, 0.05) is 30.3 Å². The topological polar surface area (TPSA) is 53.5 Å². The van der Waals surface area contributed by atoms with Gasteiger partial charge in [-0.1, -0.05) is 0 Å². The molecule has 0 radical (unpaired) electrons. The Hall–Kier alpha value is -0.750. The van der Waals surface area contributed by atoms with Gasteiger partial charge in [-0.05, 0) is 43.7 Å². The van der Waals surface area contributed by atoms with E-state index in [0.717, 1.165) is 37.4 Å². The lowest BCUT2D eigenvalue weighted by Gasteiger charge is -2.32. The Labute approximate surface area is 125 Å². The van der Waals surface area contributed by atoms with Crippen molar-refractivity contribution in [1.82, 2.24) is 10.6 Å². The normalized spacial score (nSPS) is 22.7. The number of methoxy groups -OCH3 is 1. The van der Waals surface area contributed by atoms with E-state index in [1.807, 2.05) is 23.9 Å². The lowest BCUT2D eigenvalue weighted by Crippen LogP contribution is -2.52. The third kappa shape index (κ3) is 4.98. The number of benzene rings is 1. The number of hydrogen-bond acceptors (Lipinski definition) is 5. The fourth-order valence-electron chi connectivity index (χ4n) is 2.34. The molecule has 0 aliphatic carbocycles. The number of aliphatic hydroxyl groups is 1. The van der Waals surface area contributed by atoms with E-state index in [2.05, 4.69) is 22.8 Å². The third-order valence-electron chi connectivity index (χ3n) is 3.51. The molecule has 0 saturated carbocycles. The molecule has 2 rings (SSSR count). The quantitative estimate of drug-likeness (QED) is 0.526. The predicted molar refractivity (Wildman–Crippen MR) is 83.6 cm³/mol. The van der Waals surface area contributed by atoms with Crippen molar-refractivity contribution < 1.29 is 9.84 Å². The van der Waals surface area contributed by atoms with E-state index in [9.17, 15) is 5.11 Å². The van der Waals surface area contributed by atoms with Crippen molar-refractivity contribution in [2.75, 3.05) is 39.0 Å². The van der Waals surface area contributed by atoms with Gasteiger partial charge in [0.15, 0.2) is 0 Å². The largest absolute Gasteiger partial charge is 0.497 e. The first kappa shape index (κ1) is 15.6. The van der Waals surface area contributed by atoms with Crippen LogP contribution in [0.15, 0.2) is 29.2 Å². The first-order valence-electron chi connectivity index (χ1n) is 7.13. The lowest BCUT2D eigenvalue weighted by molar-refractivity contribution is 0.0177. The molecule has 1 saturated heterocycles. The Morgan fingerprint density at radius 1 is 1.40 bits per heavy atom. The monoisotopic (exact) mass is 296 g/mol. The van der Waals surface area contributed by atoms with E-state index in [-0.39, 0.29) is 0 Å². The van der Waals surface area contributed by atoms with Crippen LogP contribution in [0.5, 0.6) is 5.75 Å². The Kier molecular flexibility index (Phi) is 6.16. The zero-order valence-electron chi connectivity index (χ0n) is 12.0. The van der Waals surface area contributed by atoms with Crippen LogP contribution in [0.2, 0.25) is 0 Å². The summed E-state index contributed by atoms with van der Waals surface area (Å²) in [6.45, 7) is 3.30. The van der Waals surface area contributed by atoms with Gasteiger partial charge in [0.05, 0.1) is 12.7 Å².